The van der Waals surface area contributed by atoms with Crippen molar-refractivity contribution in [3.05, 3.63) is 39.6 Å². The first-order valence-corrected chi connectivity index (χ1v) is 9.62. The maximum atomic E-state index is 12.4. The summed E-state index contributed by atoms with van der Waals surface area (Å²) in [4.78, 5) is 36.7. The average molecular weight is 405 g/mol. The van der Waals surface area contributed by atoms with Crippen LogP contribution in [0.25, 0.3) is 0 Å². The summed E-state index contributed by atoms with van der Waals surface area (Å²) in [6.45, 7) is 10.2. The van der Waals surface area contributed by atoms with Crippen molar-refractivity contribution in [3.63, 3.8) is 0 Å². The smallest absolute Gasteiger partial charge is 0.410 e. The van der Waals surface area contributed by atoms with Gasteiger partial charge in [0.25, 0.3) is 11.6 Å². The molecule has 29 heavy (non-hydrogen) atoms. The summed E-state index contributed by atoms with van der Waals surface area (Å²) < 4.78 is 11.0. The van der Waals surface area contributed by atoms with E-state index in [1.165, 1.54) is 12.1 Å². The number of nitrogens with one attached hydrogen (secondary N) is 1. The maximum Gasteiger partial charge on any atom is 0.410 e. The molecule has 9 heteroatoms. The fourth-order valence-electron chi connectivity index (χ4n) is 2.95. The van der Waals surface area contributed by atoms with E-state index in [2.05, 4.69) is 5.32 Å². The van der Waals surface area contributed by atoms with Gasteiger partial charge in [0.05, 0.1) is 4.92 Å². The molecule has 1 aromatic carbocycles. The van der Waals surface area contributed by atoms with Crippen molar-refractivity contribution in [2.24, 2.45) is 0 Å². The van der Waals surface area contributed by atoms with E-state index in [4.69, 9.17) is 9.47 Å². The van der Waals surface area contributed by atoms with Crippen LogP contribution in [0.3, 0.4) is 0 Å². The minimum Gasteiger partial charge on any atom is -0.449 e. The molecule has 0 bridgehead atoms. The average Bonchev–Trinajstić information content (AvgIpc) is 2.67. The molecule has 0 atom stereocenters. The highest BCUT2D eigenvalue weighted by Crippen LogP contribution is 2.39. The quantitative estimate of drug-likeness (QED) is 0.425. The normalized spacial score (nSPS) is 16.0. The number of nitro groups is 1. The number of carbonyl (C=O) groups excluding carboxylic acids is 2. The lowest BCUT2D eigenvalue weighted by molar-refractivity contribution is -0.384. The molecule has 2 amide bonds. The molecule has 1 fully saturated rings. The Morgan fingerprint density at radius 1 is 1.24 bits per heavy atom. The number of hydrogen-bond donors (Lipinski definition) is 1. The summed E-state index contributed by atoms with van der Waals surface area (Å²) in [6, 6.07) is 4.37. The third kappa shape index (κ3) is 5.24. The van der Waals surface area contributed by atoms with Crippen molar-refractivity contribution in [1.29, 1.82) is 0 Å². The van der Waals surface area contributed by atoms with Crippen LogP contribution in [0.15, 0.2) is 29.5 Å². The molecule has 1 aromatic rings. The predicted octanol–water partition coefficient (Wildman–Crippen LogP) is 4.24. The van der Waals surface area contributed by atoms with Gasteiger partial charge in [0.15, 0.2) is 17.2 Å². The number of nitrogens with zero attached hydrogens (tertiary/aromatic N) is 2. The second-order valence-corrected chi connectivity index (χ2v) is 7.36. The van der Waals surface area contributed by atoms with Crippen molar-refractivity contribution in [3.8, 4) is 5.75 Å². The molecule has 0 aliphatic carbocycles. The molecule has 0 unspecified atom stereocenters. The molecule has 2 aliphatic heterocycles. The zero-order valence-corrected chi connectivity index (χ0v) is 17.4. The molecule has 2 aliphatic rings. The molecule has 1 saturated heterocycles. The number of piperidine rings is 1. The van der Waals surface area contributed by atoms with Gasteiger partial charge in [0.1, 0.15) is 5.60 Å². The summed E-state index contributed by atoms with van der Waals surface area (Å²) >= 11 is 0. The first-order chi connectivity index (χ1) is 13.7. The molecule has 3 rings (SSSR count). The number of likely N-dealkylation sites (tertiary alicyclic amines) is 1. The van der Waals surface area contributed by atoms with E-state index in [0.717, 1.165) is 5.57 Å². The van der Waals surface area contributed by atoms with Gasteiger partial charge in [-0.2, -0.15) is 0 Å². The van der Waals surface area contributed by atoms with Gasteiger partial charge in [-0.15, -0.1) is 0 Å². The first kappa shape index (κ1) is 22.2. The van der Waals surface area contributed by atoms with Crippen LogP contribution in [0.1, 0.15) is 47.5 Å². The monoisotopic (exact) mass is 405 g/mol. The molecular formula is C20H27N3O6. The van der Waals surface area contributed by atoms with Crippen LogP contribution >= 0.6 is 0 Å². The van der Waals surface area contributed by atoms with Crippen LogP contribution in [0, 0.1) is 10.1 Å². The SMILES string of the molecule is CC.CC(C)(C)OC(=O)N1CCC(=C2Oc3cccc([N+](=O)[O-])c3NC2=O)CC1. The largest absolute Gasteiger partial charge is 0.449 e. The van der Waals surface area contributed by atoms with Gasteiger partial charge in [0, 0.05) is 19.2 Å². The van der Waals surface area contributed by atoms with E-state index in [1.807, 2.05) is 13.8 Å². The Balaban J connectivity index is 0.00000145. The number of anilines is 1. The van der Waals surface area contributed by atoms with Crippen molar-refractivity contribution in [2.45, 2.75) is 53.1 Å². The van der Waals surface area contributed by atoms with E-state index in [0.29, 0.717) is 25.9 Å². The van der Waals surface area contributed by atoms with Crippen LogP contribution in [0.4, 0.5) is 16.2 Å². The molecule has 1 N–H and O–H groups in total. The number of nitro benzene ring substituents is 1. The lowest BCUT2D eigenvalue weighted by atomic mass is 10.0. The van der Waals surface area contributed by atoms with Crippen LogP contribution < -0.4 is 10.1 Å². The fraction of sp³-hybridized carbons (Fsp3) is 0.500. The van der Waals surface area contributed by atoms with Crippen LogP contribution in [0.5, 0.6) is 5.75 Å². The Bertz CT molecular complexity index is 831. The number of para-hydroxylation sites is 1. The lowest BCUT2D eigenvalue weighted by Gasteiger charge is -2.32. The third-order valence-electron chi connectivity index (χ3n) is 4.20. The summed E-state index contributed by atoms with van der Waals surface area (Å²) in [5, 5.41) is 13.7. The Hall–Kier alpha value is -3.10. The maximum absolute atomic E-state index is 12.4. The van der Waals surface area contributed by atoms with Gasteiger partial charge in [-0.05, 0) is 45.3 Å². The number of benzene rings is 1. The number of rotatable bonds is 1. The topological polar surface area (TPSA) is 111 Å². The highest BCUT2D eigenvalue weighted by Gasteiger charge is 2.33. The van der Waals surface area contributed by atoms with E-state index in [9.17, 15) is 19.7 Å². The van der Waals surface area contributed by atoms with Gasteiger partial charge in [-0.1, -0.05) is 19.9 Å². The molecule has 158 valence electrons. The van der Waals surface area contributed by atoms with Gasteiger partial charge in [-0.25, -0.2) is 4.79 Å². The fourth-order valence-corrected chi connectivity index (χ4v) is 2.95. The second kappa shape index (κ2) is 8.93. The van der Waals surface area contributed by atoms with Crippen LogP contribution in [-0.4, -0.2) is 40.5 Å². The minimum absolute atomic E-state index is 0.0584. The summed E-state index contributed by atoms with van der Waals surface area (Å²) in [7, 11) is 0. The molecule has 0 saturated carbocycles. The Kier molecular flexibility index (Phi) is 6.84. The van der Waals surface area contributed by atoms with E-state index in [-0.39, 0.29) is 29.0 Å². The van der Waals surface area contributed by atoms with E-state index in [1.54, 1.807) is 31.7 Å². The molecule has 0 aromatic heterocycles. The summed E-state index contributed by atoms with van der Waals surface area (Å²) in [5.74, 6) is -0.134. The predicted molar refractivity (Wildman–Crippen MR) is 108 cm³/mol. The second-order valence-electron chi connectivity index (χ2n) is 7.36. The molecule has 0 spiro atoms. The highest BCUT2D eigenvalue weighted by atomic mass is 16.6. The van der Waals surface area contributed by atoms with Crippen molar-refractivity contribution in [2.75, 3.05) is 18.4 Å². The Morgan fingerprint density at radius 3 is 2.41 bits per heavy atom. The van der Waals surface area contributed by atoms with Crippen molar-refractivity contribution in [1.82, 2.24) is 4.90 Å². The van der Waals surface area contributed by atoms with E-state index < -0.39 is 16.4 Å². The number of fused-ring (bicyclic) bond motifs is 1. The number of ether oxygens (including phenoxy) is 2. The van der Waals surface area contributed by atoms with Crippen molar-refractivity contribution < 1.29 is 24.0 Å². The van der Waals surface area contributed by atoms with Crippen molar-refractivity contribution >= 4 is 23.4 Å². The number of amides is 2. The van der Waals surface area contributed by atoms with Gasteiger partial charge < -0.3 is 19.7 Å². The highest BCUT2D eigenvalue weighted by molar-refractivity contribution is 6.07. The van der Waals surface area contributed by atoms with Gasteiger partial charge in [-0.3, -0.25) is 14.9 Å². The zero-order chi connectivity index (χ0) is 21.8. The first-order valence-electron chi connectivity index (χ1n) is 9.62. The van der Waals surface area contributed by atoms with Crippen LogP contribution in [-0.2, 0) is 9.53 Å². The van der Waals surface area contributed by atoms with Crippen LogP contribution in [0.2, 0.25) is 0 Å². The minimum atomic E-state index is -0.570. The molecule has 0 radical (unpaired) electrons. The Labute approximate surface area is 169 Å². The summed E-state index contributed by atoms with van der Waals surface area (Å²) in [5.41, 5.74) is 0.0396. The lowest BCUT2D eigenvalue weighted by Crippen LogP contribution is -2.41. The van der Waals surface area contributed by atoms with Gasteiger partial charge >= 0.3 is 6.09 Å². The number of carbonyl (C=O) groups is 2. The summed E-state index contributed by atoms with van der Waals surface area (Å²) in [6.07, 6.45) is 0.542. The van der Waals surface area contributed by atoms with Gasteiger partial charge in [0.2, 0.25) is 0 Å². The molecular weight excluding hydrogens is 378 g/mol. The zero-order valence-electron chi connectivity index (χ0n) is 17.4. The standard InChI is InChI=1S/C18H21N3O6.C2H6/c1-18(2,3)27-17(23)20-9-7-11(8-10-20)15-16(22)19-14-12(21(24)25)5-4-6-13(14)26-15;1-2/h4-6H,7-10H2,1-3H3,(H,19,22);1-2H3. The molecule has 9 nitrogen and oxygen atoms in total. The molecule has 2 heterocycles. The third-order valence-corrected chi connectivity index (χ3v) is 4.20. The van der Waals surface area contributed by atoms with E-state index >= 15 is 0 Å². The Morgan fingerprint density at radius 2 is 1.86 bits per heavy atom. The number of hydrogen-bond acceptors (Lipinski definition) is 6.